The number of hydrazone groups is 1. The summed E-state index contributed by atoms with van der Waals surface area (Å²) in [6, 6.07) is 0. The summed E-state index contributed by atoms with van der Waals surface area (Å²) in [7, 11) is 0. The molecular formula is C7H14BrN3. The second-order valence-electron chi connectivity index (χ2n) is 2.26. The molecular weight excluding hydrogens is 206 g/mol. The van der Waals surface area contributed by atoms with E-state index in [0.29, 0.717) is 0 Å². The van der Waals surface area contributed by atoms with E-state index in [4.69, 9.17) is 0 Å². The fourth-order valence-corrected chi connectivity index (χ4v) is 0.881. The highest BCUT2D eigenvalue weighted by Crippen LogP contribution is 1.99. The van der Waals surface area contributed by atoms with Crippen molar-refractivity contribution >= 4 is 23.3 Å². The third-order valence-corrected chi connectivity index (χ3v) is 1.45. The van der Waals surface area contributed by atoms with Crippen LogP contribution < -0.4 is 0 Å². The molecule has 0 aromatic heterocycles. The van der Waals surface area contributed by atoms with Crippen molar-refractivity contribution in [2.24, 2.45) is 5.10 Å². The lowest BCUT2D eigenvalue weighted by Crippen LogP contribution is -2.26. The van der Waals surface area contributed by atoms with Crippen molar-refractivity contribution in [1.29, 1.82) is 0 Å². The van der Waals surface area contributed by atoms with Crippen LogP contribution in [-0.2, 0) is 0 Å². The molecule has 1 heterocycles. The molecule has 0 radical (unpaired) electrons. The first kappa shape index (κ1) is 10.5. The smallest absolute Gasteiger partial charge is 0.113 e. The van der Waals surface area contributed by atoms with Crippen molar-refractivity contribution in [2.45, 2.75) is 6.92 Å². The Morgan fingerprint density at radius 2 is 2.45 bits per heavy atom. The monoisotopic (exact) mass is 219 g/mol. The molecule has 0 saturated carbocycles. The van der Waals surface area contributed by atoms with E-state index >= 15 is 0 Å². The minimum absolute atomic E-state index is 0. The van der Waals surface area contributed by atoms with Crippen LogP contribution in [0.2, 0.25) is 0 Å². The first-order valence-corrected chi connectivity index (χ1v) is 3.50. The van der Waals surface area contributed by atoms with Gasteiger partial charge in [0, 0.05) is 13.1 Å². The van der Waals surface area contributed by atoms with Gasteiger partial charge in [0.2, 0.25) is 0 Å². The molecule has 0 aliphatic carbocycles. The number of nitrogens with zero attached hydrogens (tertiary/aromatic N) is 3. The van der Waals surface area contributed by atoms with Crippen molar-refractivity contribution in [3.63, 3.8) is 0 Å². The topological polar surface area (TPSA) is 18.8 Å². The van der Waals surface area contributed by atoms with Crippen LogP contribution in [0.1, 0.15) is 6.92 Å². The maximum absolute atomic E-state index is 4.14. The van der Waals surface area contributed by atoms with E-state index in [1.807, 2.05) is 17.4 Å². The Morgan fingerprint density at radius 3 is 2.91 bits per heavy atom. The summed E-state index contributed by atoms with van der Waals surface area (Å²) < 4.78 is 0. The van der Waals surface area contributed by atoms with Crippen LogP contribution in [-0.4, -0.2) is 36.0 Å². The van der Waals surface area contributed by atoms with Crippen molar-refractivity contribution in [3.8, 4) is 0 Å². The third kappa shape index (κ3) is 2.93. The third-order valence-electron chi connectivity index (χ3n) is 1.45. The van der Waals surface area contributed by atoms with Crippen LogP contribution in [0.25, 0.3) is 0 Å². The van der Waals surface area contributed by atoms with Crippen molar-refractivity contribution in [1.82, 2.24) is 9.91 Å². The summed E-state index contributed by atoms with van der Waals surface area (Å²) in [4.78, 5) is 2.11. The Kier molecular flexibility index (Phi) is 4.94. The van der Waals surface area contributed by atoms with E-state index in [2.05, 4.69) is 23.5 Å². The van der Waals surface area contributed by atoms with Gasteiger partial charge in [0.1, 0.15) is 13.0 Å². The summed E-state index contributed by atoms with van der Waals surface area (Å²) in [5.41, 5.74) is 0. The molecule has 0 N–H and O–H groups in total. The molecule has 0 atom stereocenters. The maximum atomic E-state index is 4.14. The molecule has 0 aromatic rings. The van der Waals surface area contributed by atoms with Crippen LogP contribution in [0.5, 0.6) is 0 Å². The Morgan fingerprint density at radius 1 is 1.73 bits per heavy atom. The van der Waals surface area contributed by atoms with Gasteiger partial charge in [0.25, 0.3) is 0 Å². The van der Waals surface area contributed by atoms with Crippen LogP contribution in [0, 0.1) is 0 Å². The first-order valence-electron chi connectivity index (χ1n) is 3.50. The Labute approximate surface area is 78.1 Å². The molecule has 1 rings (SSSR count). The standard InChI is InChI=1S/C7H13N3.BrH/c1-3-5-9-6-8-10(4-2)7-9;/h3,6H,1,4-5,7H2,2H3;1H. The normalized spacial score (nSPS) is 15.0. The highest BCUT2D eigenvalue weighted by molar-refractivity contribution is 8.93. The van der Waals surface area contributed by atoms with E-state index < -0.39 is 0 Å². The second-order valence-corrected chi connectivity index (χ2v) is 2.26. The van der Waals surface area contributed by atoms with Crippen LogP contribution in [0.15, 0.2) is 17.8 Å². The van der Waals surface area contributed by atoms with E-state index in [9.17, 15) is 0 Å². The largest absolute Gasteiger partial charge is 0.338 e. The van der Waals surface area contributed by atoms with Crippen molar-refractivity contribution < 1.29 is 0 Å². The summed E-state index contributed by atoms with van der Waals surface area (Å²) in [6.45, 7) is 8.52. The molecule has 1 aliphatic rings. The van der Waals surface area contributed by atoms with Crippen LogP contribution >= 0.6 is 17.0 Å². The van der Waals surface area contributed by atoms with E-state index in [0.717, 1.165) is 19.8 Å². The predicted molar refractivity (Wildman–Crippen MR) is 53.0 cm³/mol. The highest BCUT2D eigenvalue weighted by atomic mass is 79.9. The highest BCUT2D eigenvalue weighted by Gasteiger charge is 2.08. The van der Waals surface area contributed by atoms with Crippen LogP contribution in [0.4, 0.5) is 0 Å². The van der Waals surface area contributed by atoms with Crippen molar-refractivity contribution in [3.05, 3.63) is 12.7 Å². The lowest BCUT2D eigenvalue weighted by atomic mass is 10.6. The maximum Gasteiger partial charge on any atom is 0.113 e. The van der Waals surface area contributed by atoms with Crippen molar-refractivity contribution in [2.75, 3.05) is 19.8 Å². The summed E-state index contributed by atoms with van der Waals surface area (Å²) in [6.07, 6.45) is 3.73. The molecule has 0 bridgehead atoms. The minimum Gasteiger partial charge on any atom is -0.338 e. The number of halogens is 1. The molecule has 0 spiro atoms. The zero-order valence-corrected chi connectivity index (χ0v) is 8.45. The molecule has 4 heteroatoms. The lowest BCUT2D eigenvalue weighted by molar-refractivity contribution is 0.255. The van der Waals surface area contributed by atoms with Gasteiger partial charge in [-0.25, -0.2) is 0 Å². The lowest BCUT2D eigenvalue weighted by Gasteiger charge is -2.15. The molecule has 0 amide bonds. The fourth-order valence-electron chi connectivity index (χ4n) is 0.881. The van der Waals surface area contributed by atoms with Gasteiger partial charge in [0.05, 0.1) is 0 Å². The Hall–Kier alpha value is -0.510. The molecule has 11 heavy (non-hydrogen) atoms. The molecule has 3 nitrogen and oxygen atoms in total. The molecule has 0 unspecified atom stereocenters. The van der Waals surface area contributed by atoms with Gasteiger partial charge in [-0.15, -0.1) is 23.6 Å². The Balaban J connectivity index is 0.000001000. The quantitative estimate of drug-likeness (QED) is 0.667. The van der Waals surface area contributed by atoms with Gasteiger partial charge in [-0.3, -0.25) is 5.01 Å². The minimum atomic E-state index is 0. The van der Waals surface area contributed by atoms with E-state index in [-0.39, 0.29) is 17.0 Å². The zero-order valence-electron chi connectivity index (χ0n) is 6.73. The van der Waals surface area contributed by atoms with E-state index in [1.165, 1.54) is 0 Å². The average Bonchev–Trinajstić information content (AvgIpc) is 2.37. The Bertz CT molecular complexity index is 147. The number of hydrogen-bond donors (Lipinski definition) is 0. The second kappa shape index (κ2) is 5.18. The molecule has 64 valence electrons. The molecule has 0 aromatic carbocycles. The molecule has 0 saturated heterocycles. The predicted octanol–water partition coefficient (Wildman–Crippen LogP) is 1.29. The molecule has 1 aliphatic heterocycles. The van der Waals surface area contributed by atoms with Gasteiger partial charge in [-0.2, -0.15) is 5.10 Å². The first-order chi connectivity index (χ1) is 4.86. The van der Waals surface area contributed by atoms with Gasteiger partial charge in [-0.1, -0.05) is 6.08 Å². The summed E-state index contributed by atoms with van der Waals surface area (Å²) >= 11 is 0. The van der Waals surface area contributed by atoms with Gasteiger partial charge in [0.15, 0.2) is 0 Å². The average molecular weight is 220 g/mol. The van der Waals surface area contributed by atoms with Crippen LogP contribution in [0.3, 0.4) is 0 Å². The number of hydrogen-bond acceptors (Lipinski definition) is 3. The number of rotatable bonds is 3. The zero-order chi connectivity index (χ0) is 7.40. The SMILES string of the molecule is Br.C=CCN1C=NN(CC)C1. The summed E-state index contributed by atoms with van der Waals surface area (Å²) in [5, 5.41) is 6.14. The molecule has 0 fully saturated rings. The van der Waals surface area contributed by atoms with Gasteiger partial charge in [-0.05, 0) is 6.92 Å². The van der Waals surface area contributed by atoms with Gasteiger partial charge < -0.3 is 4.90 Å². The fraction of sp³-hybridized carbons (Fsp3) is 0.571. The van der Waals surface area contributed by atoms with E-state index in [1.54, 1.807) is 0 Å². The van der Waals surface area contributed by atoms with Gasteiger partial charge >= 0.3 is 0 Å². The summed E-state index contributed by atoms with van der Waals surface area (Å²) in [5.74, 6) is 0.